The van der Waals surface area contributed by atoms with Crippen LogP contribution in [-0.2, 0) is 0 Å². The number of likely N-dealkylation sites (tertiary alicyclic amines) is 1. The molecule has 3 aliphatic rings. The number of piperidine rings is 1. The summed E-state index contributed by atoms with van der Waals surface area (Å²) in [4.78, 5) is 5.25. The number of nitrogens with zero attached hydrogens (tertiary/aromatic N) is 2. The Labute approximate surface area is 153 Å². The zero-order valence-electron chi connectivity index (χ0n) is 16.0. The normalized spacial score (nSPS) is 33.5. The highest BCUT2D eigenvalue weighted by Crippen LogP contribution is 2.47. The van der Waals surface area contributed by atoms with Gasteiger partial charge in [-0.1, -0.05) is 18.6 Å². The first kappa shape index (κ1) is 17.4. The number of fused-ring (bicyclic) bond motifs is 1. The summed E-state index contributed by atoms with van der Waals surface area (Å²) in [5.74, 6) is 1.03. The van der Waals surface area contributed by atoms with E-state index >= 15 is 0 Å². The Bertz CT molecular complexity index is 572. The van der Waals surface area contributed by atoms with Gasteiger partial charge in [-0.15, -0.1) is 0 Å². The molecule has 25 heavy (non-hydrogen) atoms. The van der Waals surface area contributed by atoms with Gasteiger partial charge in [0, 0.05) is 17.6 Å². The van der Waals surface area contributed by atoms with Crippen molar-refractivity contribution in [1.29, 1.82) is 0 Å². The molecule has 1 unspecified atom stereocenters. The van der Waals surface area contributed by atoms with Crippen molar-refractivity contribution in [3.8, 4) is 5.75 Å². The predicted molar refractivity (Wildman–Crippen MR) is 103 cm³/mol. The van der Waals surface area contributed by atoms with Crippen molar-refractivity contribution in [3.05, 3.63) is 29.8 Å². The van der Waals surface area contributed by atoms with Gasteiger partial charge in [0.25, 0.3) is 0 Å². The van der Waals surface area contributed by atoms with Crippen LogP contribution in [0.2, 0.25) is 0 Å². The number of ether oxygens (including phenoxy) is 1. The Kier molecular flexibility index (Phi) is 5.06. The summed E-state index contributed by atoms with van der Waals surface area (Å²) in [5.41, 5.74) is 1.93. The molecule has 1 aromatic carbocycles. The minimum atomic E-state index is 0.450. The molecule has 1 aromatic rings. The summed E-state index contributed by atoms with van der Waals surface area (Å²) in [7, 11) is 2.24. The highest BCUT2D eigenvalue weighted by molar-refractivity contribution is 5.30. The molecule has 0 saturated carbocycles. The van der Waals surface area contributed by atoms with Crippen LogP contribution >= 0.6 is 0 Å². The molecule has 0 spiro atoms. The third-order valence-electron chi connectivity index (χ3n) is 7.05. The van der Waals surface area contributed by atoms with E-state index in [1.807, 2.05) is 0 Å². The molecule has 3 atom stereocenters. The molecule has 4 rings (SSSR count). The van der Waals surface area contributed by atoms with Gasteiger partial charge in [-0.2, -0.15) is 0 Å². The topological polar surface area (TPSA) is 15.7 Å². The van der Waals surface area contributed by atoms with Crippen LogP contribution in [0.25, 0.3) is 0 Å². The van der Waals surface area contributed by atoms with Gasteiger partial charge in [-0.3, -0.25) is 4.90 Å². The van der Waals surface area contributed by atoms with Crippen molar-refractivity contribution in [2.24, 2.45) is 0 Å². The van der Waals surface area contributed by atoms with Gasteiger partial charge in [0.15, 0.2) is 0 Å². The Morgan fingerprint density at radius 2 is 1.88 bits per heavy atom. The molecule has 3 heterocycles. The van der Waals surface area contributed by atoms with Crippen LogP contribution in [-0.4, -0.2) is 48.1 Å². The summed E-state index contributed by atoms with van der Waals surface area (Å²) in [5, 5.41) is 0. The lowest BCUT2D eigenvalue weighted by molar-refractivity contribution is 0.0723. The van der Waals surface area contributed by atoms with Crippen molar-refractivity contribution in [3.63, 3.8) is 0 Å². The van der Waals surface area contributed by atoms with Crippen molar-refractivity contribution in [2.75, 3.05) is 26.7 Å². The molecule has 0 N–H and O–H groups in total. The van der Waals surface area contributed by atoms with Crippen LogP contribution in [0.1, 0.15) is 69.9 Å². The van der Waals surface area contributed by atoms with Gasteiger partial charge in [0.05, 0.1) is 6.61 Å². The second-order valence-corrected chi connectivity index (χ2v) is 8.68. The summed E-state index contributed by atoms with van der Waals surface area (Å²) >= 11 is 0. The molecule has 3 nitrogen and oxygen atoms in total. The smallest absolute Gasteiger partial charge is 0.119 e. The van der Waals surface area contributed by atoms with E-state index < -0.39 is 0 Å². The first-order chi connectivity index (χ1) is 12.2. The van der Waals surface area contributed by atoms with E-state index in [-0.39, 0.29) is 0 Å². The second-order valence-electron chi connectivity index (χ2n) is 8.68. The molecule has 0 bridgehead atoms. The van der Waals surface area contributed by atoms with Crippen molar-refractivity contribution in [1.82, 2.24) is 9.80 Å². The first-order valence-electron chi connectivity index (χ1n) is 10.4. The number of hydrogen-bond donors (Lipinski definition) is 0. The maximum absolute atomic E-state index is 6.02. The Balaban J connectivity index is 1.32. The van der Waals surface area contributed by atoms with Crippen LogP contribution in [0.4, 0.5) is 0 Å². The van der Waals surface area contributed by atoms with Crippen LogP contribution in [0.5, 0.6) is 5.75 Å². The third kappa shape index (κ3) is 3.59. The van der Waals surface area contributed by atoms with E-state index in [1.54, 1.807) is 0 Å². The number of benzene rings is 1. The van der Waals surface area contributed by atoms with Gasteiger partial charge in [0.2, 0.25) is 0 Å². The average molecular weight is 343 g/mol. The molecule has 0 radical (unpaired) electrons. The zero-order valence-corrected chi connectivity index (χ0v) is 16.0. The quantitative estimate of drug-likeness (QED) is 0.776. The zero-order chi connectivity index (χ0) is 17.3. The van der Waals surface area contributed by atoms with Crippen LogP contribution in [0.15, 0.2) is 24.3 Å². The number of hydrogen-bond acceptors (Lipinski definition) is 3. The number of rotatable bonds is 5. The fraction of sp³-hybridized carbons (Fsp3) is 0.727. The van der Waals surface area contributed by atoms with E-state index in [4.69, 9.17) is 4.74 Å². The predicted octanol–water partition coefficient (Wildman–Crippen LogP) is 4.63. The van der Waals surface area contributed by atoms with Gasteiger partial charge in [-0.05, 0) is 89.7 Å². The second kappa shape index (κ2) is 7.28. The highest BCUT2D eigenvalue weighted by atomic mass is 16.5. The Morgan fingerprint density at radius 3 is 2.64 bits per heavy atom. The molecular formula is C22H34N2O. The summed E-state index contributed by atoms with van der Waals surface area (Å²) in [6, 6.07) is 10.3. The van der Waals surface area contributed by atoms with E-state index in [2.05, 4.69) is 48.0 Å². The lowest BCUT2D eigenvalue weighted by Gasteiger charge is -2.42. The molecule has 3 saturated heterocycles. The third-order valence-corrected chi connectivity index (χ3v) is 7.05. The van der Waals surface area contributed by atoms with Crippen LogP contribution in [0.3, 0.4) is 0 Å². The SMILES string of the molecule is CN1CCCC1CCOc1ccc([C@H]2CC[C@@]3(C)CCCCN23)cc1. The molecule has 0 aromatic heterocycles. The Morgan fingerprint density at radius 1 is 1.04 bits per heavy atom. The molecule has 3 fully saturated rings. The first-order valence-corrected chi connectivity index (χ1v) is 10.4. The van der Waals surface area contributed by atoms with Crippen molar-refractivity contribution < 1.29 is 4.74 Å². The van der Waals surface area contributed by atoms with Gasteiger partial charge in [0.1, 0.15) is 5.75 Å². The molecule has 0 aliphatic carbocycles. The molecule has 3 aliphatic heterocycles. The molecule has 0 amide bonds. The van der Waals surface area contributed by atoms with E-state index in [0.717, 1.165) is 24.8 Å². The lowest BCUT2D eigenvalue weighted by Crippen LogP contribution is -2.45. The van der Waals surface area contributed by atoms with Crippen molar-refractivity contribution in [2.45, 2.75) is 75.9 Å². The van der Waals surface area contributed by atoms with Crippen LogP contribution in [0, 0.1) is 0 Å². The summed E-state index contributed by atoms with van der Waals surface area (Å²) in [6.45, 7) is 5.83. The molecular weight excluding hydrogens is 308 g/mol. The van der Waals surface area contributed by atoms with Crippen molar-refractivity contribution >= 4 is 0 Å². The fourth-order valence-electron chi connectivity index (χ4n) is 5.40. The monoisotopic (exact) mass is 342 g/mol. The standard InChI is InChI=1S/C22H34N2O/c1-22-13-3-4-16-24(22)21(11-14-22)18-7-9-20(10-8-18)25-17-12-19-6-5-15-23(19)2/h7-10,19,21H,3-6,11-17H2,1-2H3/t19?,21-,22-/m1/s1. The molecule has 138 valence electrons. The maximum atomic E-state index is 6.02. The summed E-state index contributed by atoms with van der Waals surface area (Å²) < 4.78 is 6.02. The van der Waals surface area contributed by atoms with Gasteiger partial charge in [-0.25, -0.2) is 0 Å². The highest BCUT2D eigenvalue weighted by Gasteiger charge is 2.44. The minimum Gasteiger partial charge on any atom is -0.494 e. The summed E-state index contributed by atoms with van der Waals surface area (Å²) in [6.07, 6.45) is 10.6. The average Bonchev–Trinajstić information content (AvgIpc) is 3.19. The maximum Gasteiger partial charge on any atom is 0.119 e. The Hall–Kier alpha value is -1.06. The largest absolute Gasteiger partial charge is 0.494 e. The minimum absolute atomic E-state index is 0.450. The van der Waals surface area contributed by atoms with E-state index in [1.165, 1.54) is 63.6 Å². The van der Waals surface area contributed by atoms with Crippen LogP contribution < -0.4 is 4.74 Å². The lowest BCUT2D eigenvalue weighted by atomic mass is 9.89. The van der Waals surface area contributed by atoms with Gasteiger partial charge < -0.3 is 9.64 Å². The molecule has 3 heteroatoms. The fourth-order valence-corrected chi connectivity index (χ4v) is 5.40. The van der Waals surface area contributed by atoms with E-state index in [9.17, 15) is 0 Å². The van der Waals surface area contributed by atoms with Gasteiger partial charge >= 0.3 is 0 Å². The van der Waals surface area contributed by atoms with E-state index in [0.29, 0.717) is 11.6 Å².